The molecule has 166 valence electrons. The van der Waals surface area contributed by atoms with Crippen molar-refractivity contribution in [1.82, 2.24) is 9.80 Å². The molecule has 0 aromatic heterocycles. The van der Waals surface area contributed by atoms with E-state index in [0.29, 0.717) is 30.6 Å². The Kier molecular flexibility index (Phi) is 7.62. The number of amides is 2. The average Bonchev–Trinajstić information content (AvgIpc) is 2.75. The first-order valence-corrected chi connectivity index (χ1v) is 11.4. The van der Waals surface area contributed by atoms with Gasteiger partial charge in [-0.25, -0.2) is 0 Å². The summed E-state index contributed by atoms with van der Waals surface area (Å²) < 4.78 is 11.3. The first kappa shape index (κ1) is 22.4. The molecular formula is C24H36N2O4. The van der Waals surface area contributed by atoms with Crippen molar-refractivity contribution in [1.29, 1.82) is 0 Å². The van der Waals surface area contributed by atoms with Crippen LogP contribution in [0.3, 0.4) is 0 Å². The van der Waals surface area contributed by atoms with Gasteiger partial charge in [-0.05, 0) is 62.1 Å². The number of rotatable bonds is 8. The highest BCUT2D eigenvalue weighted by molar-refractivity contribution is 5.96. The Bertz CT molecular complexity index is 743. The van der Waals surface area contributed by atoms with E-state index < -0.39 is 6.04 Å². The Morgan fingerprint density at radius 1 is 1.03 bits per heavy atom. The Labute approximate surface area is 180 Å². The highest BCUT2D eigenvalue weighted by Gasteiger charge is 2.43. The molecule has 2 fully saturated rings. The van der Waals surface area contributed by atoms with Gasteiger partial charge in [-0.2, -0.15) is 0 Å². The van der Waals surface area contributed by atoms with Crippen LogP contribution in [0.25, 0.3) is 0 Å². The SMILES string of the molecule is CCCOc1ccc([C@@H]2C(=O)N(C3CCC(C)CC3)CC(=O)N2CCC)cc1OC. The fraction of sp³-hybridized carbons (Fsp3) is 0.667. The van der Waals surface area contributed by atoms with Crippen molar-refractivity contribution in [3.05, 3.63) is 23.8 Å². The molecule has 0 unspecified atom stereocenters. The van der Waals surface area contributed by atoms with E-state index in [2.05, 4.69) is 13.8 Å². The van der Waals surface area contributed by atoms with Crippen molar-refractivity contribution < 1.29 is 19.1 Å². The molecule has 6 heteroatoms. The van der Waals surface area contributed by atoms with E-state index in [1.54, 1.807) is 12.0 Å². The van der Waals surface area contributed by atoms with Crippen LogP contribution < -0.4 is 9.47 Å². The minimum atomic E-state index is -0.598. The molecule has 0 radical (unpaired) electrons. The number of carbonyl (C=O) groups excluding carboxylic acids is 2. The zero-order chi connectivity index (χ0) is 21.7. The maximum Gasteiger partial charge on any atom is 0.250 e. The molecule has 1 aromatic carbocycles. The summed E-state index contributed by atoms with van der Waals surface area (Å²) in [6.45, 7) is 7.72. The van der Waals surface area contributed by atoms with Gasteiger partial charge in [-0.15, -0.1) is 0 Å². The monoisotopic (exact) mass is 416 g/mol. The molecule has 0 spiro atoms. The standard InChI is InChI=1S/C24H36N2O4/c1-5-13-25-22(27)16-26(19-10-7-17(3)8-11-19)24(28)23(25)18-9-12-20(30-14-6-2)21(15-18)29-4/h9,12,15,17,19,23H,5-8,10-11,13-14,16H2,1-4H3/t17?,19?,23-/m1/s1. The predicted octanol–water partition coefficient (Wildman–Crippen LogP) is 4.18. The third kappa shape index (κ3) is 4.73. The Morgan fingerprint density at radius 2 is 1.77 bits per heavy atom. The quantitative estimate of drug-likeness (QED) is 0.638. The molecule has 2 aliphatic rings. The summed E-state index contributed by atoms with van der Waals surface area (Å²) >= 11 is 0. The van der Waals surface area contributed by atoms with Crippen LogP contribution in [-0.2, 0) is 9.59 Å². The van der Waals surface area contributed by atoms with E-state index in [-0.39, 0.29) is 24.4 Å². The normalized spacial score (nSPS) is 24.9. The molecule has 0 bridgehead atoms. The first-order valence-electron chi connectivity index (χ1n) is 11.4. The molecular weight excluding hydrogens is 380 g/mol. The number of piperazine rings is 1. The first-order chi connectivity index (χ1) is 14.5. The predicted molar refractivity (Wildman–Crippen MR) is 117 cm³/mol. The van der Waals surface area contributed by atoms with Crippen molar-refractivity contribution in [2.45, 2.75) is 71.4 Å². The van der Waals surface area contributed by atoms with Gasteiger partial charge < -0.3 is 19.3 Å². The molecule has 1 heterocycles. The highest BCUT2D eigenvalue weighted by atomic mass is 16.5. The number of methoxy groups -OCH3 is 1. The summed E-state index contributed by atoms with van der Waals surface area (Å²) in [6.07, 6.45) is 5.90. The lowest BCUT2D eigenvalue weighted by Crippen LogP contribution is -2.58. The number of benzene rings is 1. The van der Waals surface area contributed by atoms with E-state index in [1.165, 1.54) is 0 Å². The lowest BCUT2D eigenvalue weighted by atomic mass is 9.85. The highest BCUT2D eigenvalue weighted by Crippen LogP contribution is 2.37. The summed E-state index contributed by atoms with van der Waals surface area (Å²) in [5, 5.41) is 0. The zero-order valence-corrected chi connectivity index (χ0v) is 18.9. The van der Waals surface area contributed by atoms with Crippen molar-refractivity contribution >= 4 is 11.8 Å². The zero-order valence-electron chi connectivity index (χ0n) is 18.9. The molecule has 6 nitrogen and oxygen atoms in total. The molecule has 3 rings (SSSR count). The fourth-order valence-corrected chi connectivity index (χ4v) is 4.61. The minimum Gasteiger partial charge on any atom is -0.493 e. The van der Waals surface area contributed by atoms with Crippen molar-refractivity contribution in [3.8, 4) is 11.5 Å². The van der Waals surface area contributed by atoms with E-state index in [4.69, 9.17) is 9.47 Å². The van der Waals surface area contributed by atoms with Gasteiger partial charge in [0.05, 0.1) is 13.7 Å². The van der Waals surface area contributed by atoms with Gasteiger partial charge in [0.25, 0.3) is 5.91 Å². The smallest absolute Gasteiger partial charge is 0.250 e. The molecule has 1 aliphatic heterocycles. The second-order valence-corrected chi connectivity index (χ2v) is 8.63. The maximum absolute atomic E-state index is 13.7. The summed E-state index contributed by atoms with van der Waals surface area (Å²) in [7, 11) is 1.60. The third-order valence-corrected chi connectivity index (χ3v) is 6.31. The lowest BCUT2D eigenvalue weighted by molar-refractivity contribution is -0.159. The Balaban J connectivity index is 1.91. The van der Waals surface area contributed by atoms with Crippen LogP contribution >= 0.6 is 0 Å². The van der Waals surface area contributed by atoms with Crippen LogP contribution in [0.15, 0.2) is 18.2 Å². The largest absolute Gasteiger partial charge is 0.493 e. The van der Waals surface area contributed by atoms with E-state index in [0.717, 1.165) is 44.1 Å². The van der Waals surface area contributed by atoms with Gasteiger partial charge in [-0.1, -0.05) is 26.8 Å². The molecule has 1 saturated heterocycles. The fourth-order valence-electron chi connectivity index (χ4n) is 4.61. The third-order valence-electron chi connectivity index (χ3n) is 6.31. The number of nitrogens with zero attached hydrogens (tertiary/aromatic N) is 2. The molecule has 1 atom stereocenters. The van der Waals surface area contributed by atoms with Crippen molar-refractivity contribution in [3.63, 3.8) is 0 Å². The second kappa shape index (κ2) is 10.2. The minimum absolute atomic E-state index is 0.0327. The molecule has 0 N–H and O–H groups in total. The molecule has 1 aliphatic carbocycles. The summed E-state index contributed by atoms with van der Waals surface area (Å²) in [5.41, 5.74) is 0.788. The summed E-state index contributed by atoms with van der Waals surface area (Å²) in [4.78, 5) is 30.3. The van der Waals surface area contributed by atoms with Crippen LogP contribution in [0.5, 0.6) is 11.5 Å². The van der Waals surface area contributed by atoms with Gasteiger partial charge in [0.2, 0.25) is 5.91 Å². The van der Waals surface area contributed by atoms with E-state index in [1.807, 2.05) is 30.0 Å². The topological polar surface area (TPSA) is 59.1 Å². The van der Waals surface area contributed by atoms with Crippen LogP contribution in [-0.4, -0.2) is 54.5 Å². The van der Waals surface area contributed by atoms with Crippen LogP contribution in [0.4, 0.5) is 0 Å². The molecule has 2 amide bonds. The maximum atomic E-state index is 13.7. The molecule has 1 aromatic rings. The van der Waals surface area contributed by atoms with Gasteiger partial charge in [-0.3, -0.25) is 9.59 Å². The summed E-state index contributed by atoms with van der Waals surface area (Å²) in [5.74, 6) is 2.03. The van der Waals surface area contributed by atoms with Crippen LogP contribution in [0.2, 0.25) is 0 Å². The number of hydrogen-bond donors (Lipinski definition) is 0. The number of ether oxygens (including phenoxy) is 2. The lowest BCUT2D eigenvalue weighted by Gasteiger charge is -2.45. The Hall–Kier alpha value is -2.24. The summed E-state index contributed by atoms with van der Waals surface area (Å²) in [6, 6.07) is 5.18. The van der Waals surface area contributed by atoms with E-state index >= 15 is 0 Å². The van der Waals surface area contributed by atoms with Crippen LogP contribution in [0.1, 0.15) is 70.9 Å². The van der Waals surface area contributed by atoms with Crippen molar-refractivity contribution in [2.24, 2.45) is 5.92 Å². The second-order valence-electron chi connectivity index (χ2n) is 8.63. The Morgan fingerprint density at radius 3 is 2.40 bits per heavy atom. The molecule has 30 heavy (non-hydrogen) atoms. The number of hydrogen-bond acceptors (Lipinski definition) is 4. The molecule has 1 saturated carbocycles. The van der Waals surface area contributed by atoms with Gasteiger partial charge in [0, 0.05) is 12.6 Å². The van der Waals surface area contributed by atoms with E-state index in [9.17, 15) is 9.59 Å². The van der Waals surface area contributed by atoms with Crippen molar-refractivity contribution in [2.75, 3.05) is 26.8 Å². The van der Waals surface area contributed by atoms with Crippen LogP contribution in [0, 0.1) is 5.92 Å². The van der Waals surface area contributed by atoms with Gasteiger partial charge >= 0.3 is 0 Å². The van der Waals surface area contributed by atoms with Gasteiger partial charge in [0.1, 0.15) is 12.6 Å². The van der Waals surface area contributed by atoms with Gasteiger partial charge in [0.15, 0.2) is 11.5 Å². The number of carbonyl (C=O) groups is 2. The average molecular weight is 417 g/mol.